The lowest BCUT2D eigenvalue weighted by atomic mass is 10.1. The fourth-order valence-corrected chi connectivity index (χ4v) is 1.09. The molecule has 0 unspecified atom stereocenters. The van der Waals surface area contributed by atoms with Crippen molar-refractivity contribution >= 4 is 11.6 Å². The van der Waals surface area contributed by atoms with Crippen LogP contribution >= 0.6 is 11.6 Å². The first-order valence-corrected chi connectivity index (χ1v) is 4.22. The van der Waals surface area contributed by atoms with Gasteiger partial charge in [0.25, 0.3) is 5.56 Å². The highest BCUT2D eigenvalue weighted by Crippen LogP contribution is 2.10. The topological polar surface area (TPSA) is 54.9 Å². The maximum atomic E-state index is 11.3. The number of hydrogen-bond donors (Lipinski definition) is 1. The molecular formula is C8H11ClN2O2. The van der Waals surface area contributed by atoms with E-state index in [1.165, 1.54) is 10.8 Å². The number of nitrogens with zero attached hydrogens (tertiary/aromatic N) is 1. The molecule has 1 aromatic rings. The summed E-state index contributed by atoms with van der Waals surface area (Å²) in [5.41, 5.74) is -1.38. The molecule has 0 saturated carbocycles. The van der Waals surface area contributed by atoms with Crippen LogP contribution in [0.2, 0.25) is 5.02 Å². The number of aromatic nitrogens is 2. The van der Waals surface area contributed by atoms with Crippen LogP contribution in [-0.4, -0.2) is 9.55 Å². The van der Waals surface area contributed by atoms with Gasteiger partial charge in [-0.2, -0.15) is 0 Å². The van der Waals surface area contributed by atoms with Gasteiger partial charge < -0.3 is 0 Å². The van der Waals surface area contributed by atoms with Gasteiger partial charge in [-0.3, -0.25) is 14.3 Å². The lowest BCUT2D eigenvalue weighted by Gasteiger charge is -2.21. The van der Waals surface area contributed by atoms with Crippen LogP contribution in [0.15, 0.2) is 15.8 Å². The van der Waals surface area contributed by atoms with Crippen molar-refractivity contribution in [2.75, 3.05) is 0 Å². The Morgan fingerprint density at radius 3 is 2.38 bits per heavy atom. The molecule has 1 rings (SSSR count). The van der Waals surface area contributed by atoms with Crippen LogP contribution < -0.4 is 11.2 Å². The molecule has 1 aromatic heterocycles. The molecule has 1 N–H and O–H groups in total. The Labute approximate surface area is 80.2 Å². The third-order valence-electron chi connectivity index (χ3n) is 1.62. The largest absolute Gasteiger partial charge is 0.328 e. The zero-order valence-electron chi connectivity index (χ0n) is 7.72. The van der Waals surface area contributed by atoms with Gasteiger partial charge >= 0.3 is 5.69 Å². The average Bonchev–Trinajstić information content (AvgIpc) is 1.94. The third-order valence-corrected chi connectivity index (χ3v) is 1.89. The second-order valence-corrected chi connectivity index (χ2v) is 4.18. The Morgan fingerprint density at radius 2 is 1.92 bits per heavy atom. The normalized spacial score (nSPS) is 11.7. The van der Waals surface area contributed by atoms with Gasteiger partial charge in [-0.1, -0.05) is 11.6 Å². The Bertz CT molecular complexity index is 425. The van der Waals surface area contributed by atoms with E-state index >= 15 is 0 Å². The SMILES string of the molecule is CC(C)(C)n1cc(Cl)c(=O)[nH]c1=O. The van der Waals surface area contributed by atoms with Gasteiger partial charge in [0.15, 0.2) is 0 Å². The molecule has 1 heterocycles. The molecule has 0 aromatic carbocycles. The van der Waals surface area contributed by atoms with Crippen LogP contribution in [-0.2, 0) is 5.54 Å². The Hall–Kier alpha value is -1.03. The van der Waals surface area contributed by atoms with Gasteiger partial charge in [0.05, 0.1) is 0 Å². The zero-order chi connectivity index (χ0) is 10.2. The highest BCUT2D eigenvalue weighted by molar-refractivity contribution is 6.30. The summed E-state index contributed by atoms with van der Waals surface area (Å²) in [4.78, 5) is 24.3. The van der Waals surface area contributed by atoms with Crippen LogP contribution in [0.5, 0.6) is 0 Å². The van der Waals surface area contributed by atoms with Crippen molar-refractivity contribution in [2.45, 2.75) is 26.3 Å². The second kappa shape index (κ2) is 3.03. The highest BCUT2D eigenvalue weighted by atomic mass is 35.5. The van der Waals surface area contributed by atoms with Crippen LogP contribution in [0.25, 0.3) is 0 Å². The monoisotopic (exact) mass is 202 g/mol. The standard InChI is InChI=1S/C8H11ClN2O2/c1-8(2,3)11-4-5(9)6(12)10-7(11)13/h4H,1-3H3,(H,10,12,13). The van der Waals surface area contributed by atoms with Gasteiger partial charge in [0, 0.05) is 11.7 Å². The minimum atomic E-state index is -0.549. The number of hydrogen-bond acceptors (Lipinski definition) is 2. The number of halogens is 1. The fraction of sp³-hybridized carbons (Fsp3) is 0.500. The summed E-state index contributed by atoms with van der Waals surface area (Å²) in [7, 11) is 0. The zero-order valence-corrected chi connectivity index (χ0v) is 8.47. The van der Waals surface area contributed by atoms with E-state index in [0.717, 1.165) is 0 Å². The predicted octanol–water partition coefficient (Wildman–Crippen LogP) is 0.945. The van der Waals surface area contributed by atoms with Crippen LogP contribution in [0, 0.1) is 0 Å². The van der Waals surface area contributed by atoms with Crippen LogP contribution in [0.3, 0.4) is 0 Å². The van der Waals surface area contributed by atoms with E-state index in [0.29, 0.717) is 0 Å². The van der Waals surface area contributed by atoms with Crippen LogP contribution in [0.4, 0.5) is 0 Å². The molecule has 5 heteroatoms. The van der Waals surface area contributed by atoms with Gasteiger partial charge in [0.1, 0.15) is 5.02 Å². The molecule has 0 fully saturated rings. The van der Waals surface area contributed by atoms with Crippen molar-refractivity contribution < 1.29 is 0 Å². The van der Waals surface area contributed by atoms with Gasteiger partial charge in [-0.25, -0.2) is 4.79 Å². The second-order valence-electron chi connectivity index (χ2n) is 3.78. The van der Waals surface area contributed by atoms with Crippen molar-refractivity contribution in [1.82, 2.24) is 9.55 Å². The van der Waals surface area contributed by atoms with Gasteiger partial charge in [0.2, 0.25) is 0 Å². The smallest absolute Gasteiger partial charge is 0.294 e. The summed E-state index contributed by atoms with van der Waals surface area (Å²) in [6.07, 6.45) is 1.35. The Kier molecular flexibility index (Phi) is 2.34. The van der Waals surface area contributed by atoms with Gasteiger partial charge in [-0.15, -0.1) is 0 Å². The summed E-state index contributed by atoms with van der Waals surface area (Å²) >= 11 is 5.59. The molecule has 72 valence electrons. The first kappa shape index (κ1) is 10.1. The lowest BCUT2D eigenvalue weighted by Crippen LogP contribution is -2.38. The number of nitrogens with one attached hydrogen (secondary N) is 1. The molecule has 0 amide bonds. The van der Waals surface area contributed by atoms with Crippen molar-refractivity contribution in [3.8, 4) is 0 Å². The highest BCUT2D eigenvalue weighted by Gasteiger charge is 2.15. The van der Waals surface area contributed by atoms with Crippen molar-refractivity contribution in [3.05, 3.63) is 32.1 Å². The van der Waals surface area contributed by atoms with E-state index in [4.69, 9.17) is 11.6 Å². The quantitative estimate of drug-likeness (QED) is 0.681. The van der Waals surface area contributed by atoms with Crippen molar-refractivity contribution in [1.29, 1.82) is 0 Å². The lowest BCUT2D eigenvalue weighted by molar-refractivity contribution is 0.376. The minimum absolute atomic E-state index is 0.0227. The first-order chi connectivity index (χ1) is 5.82. The molecule has 0 saturated heterocycles. The number of aromatic amines is 1. The Balaban J connectivity index is 3.51. The average molecular weight is 203 g/mol. The van der Waals surface area contributed by atoms with Gasteiger partial charge in [-0.05, 0) is 20.8 Å². The third kappa shape index (κ3) is 2.01. The molecule has 4 nitrogen and oxygen atoms in total. The summed E-state index contributed by atoms with van der Waals surface area (Å²) in [5, 5.41) is 0.0227. The molecule has 0 aliphatic heterocycles. The van der Waals surface area contributed by atoms with E-state index in [2.05, 4.69) is 4.98 Å². The minimum Gasteiger partial charge on any atom is -0.294 e. The molecule has 0 radical (unpaired) electrons. The number of rotatable bonds is 0. The first-order valence-electron chi connectivity index (χ1n) is 3.84. The Morgan fingerprint density at radius 1 is 1.38 bits per heavy atom. The van der Waals surface area contributed by atoms with E-state index < -0.39 is 11.2 Å². The maximum Gasteiger partial charge on any atom is 0.328 e. The van der Waals surface area contributed by atoms with Crippen molar-refractivity contribution in [3.63, 3.8) is 0 Å². The van der Waals surface area contributed by atoms with E-state index in [-0.39, 0.29) is 10.6 Å². The summed E-state index contributed by atoms with van der Waals surface area (Å²) in [6, 6.07) is 0. The molecule has 13 heavy (non-hydrogen) atoms. The molecule has 0 aliphatic rings. The maximum absolute atomic E-state index is 11.3. The van der Waals surface area contributed by atoms with Crippen LogP contribution in [0.1, 0.15) is 20.8 Å². The fourth-order valence-electron chi connectivity index (χ4n) is 0.946. The van der Waals surface area contributed by atoms with E-state index in [1.54, 1.807) is 0 Å². The van der Waals surface area contributed by atoms with E-state index in [1.807, 2.05) is 20.8 Å². The molecule has 0 spiro atoms. The molecule has 0 bridgehead atoms. The molecular weight excluding hydrogens is 192 g/mol. The summed E-state index contributed by atoms with van der Waals surface area (Å²) in [6.45, 7) is 5.55. The van der Waals surface area contributed by atoms with E-state index in [9.17, 15) is 9.59 Å². The predicted molar refractivity (Wildman–Crippen MR) is 51.3 cm³/mol. The molecule has 0 atom stereocenters. The summed E-state index contributed by atoms with van der Waals surface area (Å²) in [5.74, 6) is 0. The summed E-state index contributed by atoms with van der Waals surface area (Å²) < 4.78 is 1.39. The number of H-pyrrole nitrogens is 1. The van der Waals surface area contributed by atoms with Crippen molar-refractivity contribution in [2.24, 2.45) is 0 Å². The molecule has 0 aliphatic carbocycles.